The van der Waals surface area contributed by atoms with E-state index in [1.807, 2.05) is 97.7 Å². The van der Waals surface area contributed by atoms with Gasteiger partial charge in [0.05, 0.1) is 11.3 Å². The average Bonchev–Trinajstić information content (AvgIpc) is 3.11. The Bertz CT molecular complexity index is 1190. The van der Waals surface area contributed by atoms with E-state index in [0.29, 0.717) is 23.5 Å². The lowest BCUT2D eigenvalue weighted by Gasteiger charge is -2.23. The van der Waals surface area contributed by atoms with Crippen molar-refractivity contribution in [3.8, 4) is 0 Å². The zero-order valence-corrected chi connectivity index (χ0v) is 20.3. The lowest BCUT2D eigenvalue weighted by Crippen LogP contribution is -2.34. The molecule has 0 aliphatic carbocycles. The minimum Gasteiger partial charge on any atom is -0.372 e. The normalized spacial score (nSPS) is 13.6. The summed E-state index contributed by atoms with van der Waals surface area (Å²) in [5.74, 6) is -0.589. The van der Waals surface area contributed by atoms with E-state index < -0.39 is 0 Å². The summed E-state index contributed by atoms with van der Waals surface area (Å²) in [4.78, 5) is 32.9. The van der Waals surface area contributed by atoms with Gasteiger partial charge in [-0.05, 0) is 56.2 Å². The summed E-state index contributed by atoms with van der Waals surface area (Å²) in [6, 6.07) is 25.4. The molecule has 34 heavy (non-hydrogen) atoms. The van der Waals surface area contributed by atoms with Crippen LogP contribution in [0.1, 0.15) is 30.5 Å². The molecule has 1 aliphatic rings. The predicted molar refractivity (Wildman–Crippen MR) is 139 cm³/mol. The van der Waals surface area contributed by atoms with Crippen molar-refractivity contribution in [3.05, 3.63) is 101 Å². The van der Waals surface area contributed by atoms with Crippen LogP contribution in [0.4, 0.5) is 11.4 Å². The summed E-state index contributed by atoms with van der Waals surface area (Å²) in [5, 5.41) is 0. The summed E-state index contributed by atoms with van der Waals surface area (Å²) in [6.07, 6.45) is 0. The number of aryl methyl sites for hydroxylation is 1. The lowest BCUT2D eigenvalue weighted by atomic mass is 10.0. The third-order valence-corrected chi connectivity index (χ3v) is 6.28. The molecule has 0 aromatic heterocycles. The molecule has 0 unspecified atom stereocenters. The third-order valence-electron chi connectivity index (χ3n) is 6.28. The monoisotopic (exact) mass is 453 g/mol. The van der Waals surface area contributed by atoms with Gasteiger partial charge in [-0.3, -0.25) is 9.59 Å². The van der Waals surface area contributed by atoms with Gasteiger partial charge in [-0.2, -0.15) is 0 Å². The molecule has 3 aromatic rings. The van der Waals surface area contributed by atoms with Crippen LogP contribution in [0.25, 0.3) is 5.57 Å². The third kappa shape index (κ3) is 4.46. The van der Waals surface area contributed by atoms with E-state index in [1.54, 1.807) is 0 Å². The Kier molecular flexibility index (Phi) is 6.82. The summed E-state index contributed by atoms with van der Waals surface area (Å²) in [6.45, 7) is 8.54. The number of rotatable bonds is 8. The van der Waals surface area contributed by atoms with Gasteiger partial charge in [0.25, 0.3) is 11.8 Å². The number of carbonyl (C=O) groups excluding carboxylic acids is 2. The van der Waals surface area contributed by atoms with Crippen LogP contribution in [0.15, 0.2) is 84.6 Å². The first-order valence-corrected chi connectivity index (χ1v) is 11.7. The minimum absolute atomic E-state index is 0.292. The first kappa shape index (κ1) is 23.3. The maximum absolute atomic E-state index is 13.7. The molecule has 0 bridgehead atoms. The molecule has 5 heteroatoms. The molecule has 0 saturated heterocycles. The molecule has 3 aromatic carbocycles. The standard InChI is InChI=1S/C29H31N3O2/c1-5-31(6-2)24-16-18-25(19-17-24)32-28(33)26(23-14-12-21(3)13-15-23)27(29(32)34)30(4)20-22-10-8-7-9-11-22/h7-19H,5-6,20H2,1-4H3. The molecule has 5 nitrogen and oxygen atoms in total. The van der Waals surface area contributed by atoms with Crippen LogP contribution in [0.5, 0.6) is 0 Å². The number of likely N-dealkylation sites (N-methyl/N-ethyl adjacent to an activating group) is 1. The molecular weight excluding hydrogens is 422 g/mol. The lowest BCUT2D eigenvalue weighted by molar-refractivity contribution is -0.120. The van der Waals surface area contributed by atoms with E-state index in [1.165, 1.54) is 4.90 Å². The largest absolute Gasteiger partial charge is 0.372 e. The Morgan fingerprint density at radius 2 is 1.38 bits per heavy atom. The van der Waals surface area contributed by atoms with E-state index >= 15 is 0 Å². The number of anilines is 2. The van der Waals surface area contributed by atoms with E-state index in [0.717, 1.165) is 35.5 Å². The molecule has 4 rings (SSSR count). The zero-order valence-electron chi connectivity index (χ0n) is 20.3. The van der Waals surface area contributed by atoms with Crippen LogP contribution < -0.4 is 9.80 Å². The van der Waals surface area contributed by atoms with Crippen LogP contribution in [0.3, 0.4) is 0 Å². The second-order valence-corrected chi connectivity index (χ2v) is 8.57. The Balaban J connectivity index is 1.73. The highest BCUT2D eigenvalue weighted by atomic mass is 16.2. The molecule has 0 spiro atoms. The van der Waals surface area contributed by atoms with Crippen molar-refractivity contribution in [1.82, 2.24) is 4.90 Å². The number of amides is 2. The summed E-state index contributed by atoms with van der Waals surface area (Å²) in [5.41, 5.74) is 5.44. The van der Waals surface area contributed by atoms with Crippen LogP contribution in [0, 0.1) is 6.92 Å². The number of benzene rings is 3. The molecular formula is C29H31N3O2. The van der Waals surface area contributed by atoms with E-state index in [-0.39, 0.29) is 11.8 Å². The number of carbonyl (C=O) groups is 2. The fourth-order valence-corrected chi connectivity index (χ4v) is 4.42. The van der Waals surface area contributed by atoms with Crippen molar-refractivity contribution in [2.45, 2.75) is 27.3 Å². The van der Waals surface area contributed by atoms with E-state index in [9.17, 15) is 9.59 Å². The highest BCUT2D eigenvalue weighted by Gasteiger charge is 2.41. The van der Waals surface area contributed by atoms with Crippen LogP contribution in [-0.2, 0) is 16.1 Å². The molecule has 0 atom stereocenters. The first-order valence-electron chi connectivity index (χ1n) is 11.7. The van der Waals surface area contributed by atoms with Crippen molar-refractivity contribution in [2.75, 3.05) is 29.9 Å². The Labute approximate surface area is 201 Å². The Morgan fingerprint density at radius 3 is 1.97 bits per heavy atom. The highest BCUT2D eigenvalue weighted by Crippen LogP contribution is 2.35. The van der Waals surface area contributed by atoms with Crippen molar-refractivity contribution < 1.29 is 9.59 Å². The summed E-state index contributed by atoms with van der Waals surface area (Å²) >= 11 is 0. The number of imide groups is 1. The SMILES string of the molecule is CCN(CC)c1ccc(N2C(=O)C(c3ccc(C)cc3)=C(N(C)Cc3ccccc3)C2=O)cc1. The van der Waals surface area contributed by atoms with Gasteiger partial charge in [0, 0.05) is 32.4 Å². The molecule has 2 amide bonds. The average molecular weight is 454 g/mol. The number of hydrogen-bond acceptors (Lipinski definition) is 4. The van der Waals surface area contributed by atoms with Gasteiger partial charge in [0.1, 0.15) is 5.70 Å². The molecule has 0 N–H and O–H groups in total. The van der Waals surface area contributed by atoms with Crippen molar-refractivity contribution in [1.29, 1.82) is 0 Å². The van der Waals surface area contributed by atoms with Gasteiger partial charge < -0.3 is 9.80 Å². The predicted octanol–water partition coefficient (Wildman–Crippen LogP) is 5.26. The second-order valence-electron chi connectivity index (χ2n) is 8.57. The van der Waals surface area contributed by atoms with E-state index in [4.69, 9.17) is 0 Å². The maximum atomic E-state index is 13.7. The maximum Gasteiger partial charge on any atom is 0.282 e. The van der Waals surface area contributed by atoms with Gasteiger partial charge in [-0.1, -0.05) is 60.2 Å². The van der Waals surface area contributed by atoms with Crippen LogP contribution >= 0.6 is 0 Å². The van der Waals surface area contributed by atoms with E-state index in [2.05, 4.69) is 18.7 Å². The molecule has 0 saturated carbocycles. The van der Waals surface area contributed by atoms with Crippen molar-refractivity contribution in [2.24, 2.45) is 0 Å². The van der Waals surface area contributed by atoms with Crippen molar-refractivity contribution >= 4 is 28.8 Å². The summed E-state index contributed by atoms with van der Waals surface area (Å²) < 4.78 is 0. The van der Waals surface area contributed by atoms with Gasteiger partial charge >= 0.3 is 0 Å². The van der Waals surface area contributed by atoms with Crippen molar-refractivity contribution in [3.63, 3.8) is 0 Å². The first-order chi connectivity index (χ1) is 16.4. The fourth-order valence-electron chi connectivity index (χ4n) is 4.42. The smallest absolute Gasteiger partial charge is 0.282 e. The Morgan fingerprint density at radius 1 is 0.765 bits per heavy atom. The molecule has 1 heterocycles. The van der Waals surface area contributed by atoms with Crippen LogP contribution in [-0.4, -0.2) is 36.9 Å². The second kappa shape index (κ2) is 9.96. The molecule has 0 fully saturated rings. The molecule has 174 valence electrons. The van der Waals surface area contributed by atoms with Gasteiger partial charge in [-0.25, -0.2) is 4.90 Å². The molecule has 1 aliphatic heterocycles. The van der Waals surface area contributed by atoms with Crippen LogP contribution in [0.2, 0.25) is 0 Å². The minimum atomic E-state index is -0.297. The van der Waals surface area contributed by atoms with Gasteiger partial charge in [-0.15, -0.1) is 0 Å². The fraction of sp³-hybridized carbons (Fsp3) is 0.241. The number of hydrogen-bond donors (Lipinski definition) is 0. The highest BCUT2D eigenvalue weighted by molar-refractivity contribution is 6.45. The van der Waals surface area contributed by atoms with Gasteiger partial charge in [0.15, 0.2) is 0 Å². The number of nitrogens with zero attached hydrogens (tertiary/aromatic N) is 3. The Hall–Kier alpha value is -3.86. The molecule has 0 radical (unpaired) electrons. The topological polar surface area (TPSA) is 43.9 Å². The zero-order chi connectivity index (χ0) is 24.2. The summed E-state index contributed by atoms with van der Waals surface area (Å²) in [7, 11) is 1.87. The van der Waals surface area contributed by atoms with Gasteiger partial charge in [0.2, 0.25) is 0 Å². The quantitative estimate of drug-likeness (QED) is 0.437.